The monoisotopic (exact) mass is 673 g/mol. The van der Waals surface area contributed by atoms with Gasteiger partial charge in [-0.2, -0.15) is 0 Å². The van der Waals surface area contributed by atoms with Gasteiger partial charge in [0.1, 0.15) is 29.6 Å². The van der Waals surface area contributed by atoms with Crippen LogP contribution < -0.4 is 21.5 Å². The number of benzene rings is 1. The Balaban J connectivity index is 1.38. The number of amidine groups is 1. The highest BCUT2D eigenvalue weighted by atomic mass is 19.1. The number of esters is 1. The fourth-order valence-electron chi connectivity index (χ4n) is 6.93. The van der Waals surface area contributed by atoms with Crippen molar-refractivity contribution < 1.29 is 23.5 Å². The molecule has 1 fully saturated rings. The zero-order chi connectivity index (χ0) is 35.2. The summed E-state index contributed by atoms with van der Waals surface area (Å²) in [5.74, 6) is -1.26. The number of aryl methyl sites for hydroxylation is 1. The van der Waals surface area contributed by atoms with E-state index in [1.54, 1.807) is 31.3 Å². The SMILES string of the molecule is CNC(=CC(N)=Nc1cc(-c2cc(F)cc(N3CCn4c(cc5c4CC(C)(C)C5)C3=O)c2COC(C)=O)cn(C)c1=O)CN(C)C1COC1. The molecule has 0 spiro atoms. The van der Waals surface area contributed by atoms with Crippen LogP contribution in [0.3, 0.4) is 0 Å². The van der Waals surface area contributed by atoms with Crippen molar-refractivity contribution in [3.63, 3.8) is 0 Å². The first kappa shape index (κ1) is 34.1. The van der Waals surface area contributed by atoms with Gasteiger partial charge in [-0.15, -0.1) is 0 Å². The van der Waals surface area contributed by atoms with E-state index in [4.69, 9.17) is 15.2 Å². The van der Waals surface area contributed by atoms with E-state index in [1.807, 2.05) is 13.1 Å². The predicted octanol–water partition coefficient (Wildman–Crippen LogP) is 3.26. The molecule has 3 N–H and O–H groups in total. The molecular formula is C36H44FN7O5. The van der Waals surface area contributed by atoms with Gasteiger partial charge in [0.2, 0.25) is 0 Å². The molecule has 49 heavy (non-hydrogen) atoms. The van der Waals surface area contributed by atoms with E-state index in [0.717, 1.165) is 18.5 Å². The Hall–Kier alpha value is -4.75. The topological polar surface area (TPSA) is 136 Å². The van der Waals surface area contributed by atoms with Crippen LogP contribution >= 0.6 is 0 Å². The Morgan fingerprint density at radius 1 is 1.20 bits per heavy atom. The number of fused-ring (bicyclic) bond motifs is 3. The molecule has 6 rings (SSSR count). The number of nitrogens with two attached hydrogens (primary N) is 1. The van der Waals surface area contributed by atoms with Gasteiger partial charge in [-0.1, -0.05) is 13.8 Å². The molecule has 1 amide bonds. The van der Waals surface area contributed by atoms with Crippen LogP contribution in [0.1, 0.15) is 48.1 Å². The molecule has 0 saturated carbocycles. The smallest absolute Gasteiger partial charge is 0.302 e. The average Bonchev–Trinajstić information content (AvgIpc) is 3.49. The number of nitrogens with one attached hydrogen (secondary N) is 1. The first-order valence-electron chi connectivity index (χ1n) is 16.4. The van der Waals surface area contributed by atoms with Crippen LogP contribution in [0.2, 0.25) is 0 Å². The first-order valence-corrected chi connectivity index (χ1v) is 16.4. The molecule has 0 atom stereocenters. The van der Waals surface area contributed by atoms with Crippen LogP contribution in [-0.4, -0.2) is 78.2 Å². The van der Waals surface area contributed by atoms with Crippen molar-refractivity contribution in [1.29, 1.82) is 0 Å². The predicted molar refractivity (Wildman–Crippen MR) is 186 cm³/mol. The lowest BCUT2D eigenvalue weighted by Gasteiger charge is -2.35. The van der Waals surface area contributed by atoms with Gasteiger partial charge in [0.05, 0.1) is 24.9 Å². The van der Waals surface area contributed by atoms with Crippen LogP contribution in [0.5, 0.6) is 0 Å². The van der Waals surface area contributed by atoms with Gasteiger partial charge in [0.25, 0.3) is 11.5 Å². The molecule has 13 heteroatoms. The summed E-state index contributed by atoms with van der Waals surface area (Å²) < 4.78 is 29.7. The number of hydrogen-bond acceptors (Lipinski definition) is 8. The highest BCUT2D eigenvalue weighted by molar-refractivity contribution is 6.07. The molecule has 4 heterocycles. The number of carbonyl (C=O) groups is 2. The van der Waals surface area contributed by atoms with Gasteiger partial charge in [0.15, 0.2) is 0 Å². The number of rotatable bonds is 10. The Labute approximate surface area is 285 Å². The fourth-order valence-corrected chi connectivity index (χ4v) is 6.93. The summed E-state index contributed by atoms with van der Waals surface area (Å²) in [6.45, 7) is 8.29. The summed E-state index contributed by atoms with van der Waals surface area (Å²) in [4.78, 5) is 47.4. The third kappa shape index (κ3) is 6.90. The quantitative estimate of drug-likeness (QED) is 0.190. The molecule has 3 aromatic rings. The number of ether oxygens (including phenoxy) is 2. The molecule has 2 aliphatic heterocycles. The maximum Gasteiger partial charge on any atom is 0.302 e. The highest BCUT2D eigenvalue weighted by Crippen LogP contribution is 2.41. The van der Waals surface area contributed by atoms with Gasteiger partial charge in [-0.05, 0) is 60.7 Å². The number of halogens is 1. The van der Waals surface area contributed by atoms with Crippen molar-refractivity contribution in [2.45, 2.75) is 52.8 Å². The molecule has 0 unspecified atom stereocenters. The van der Waals surface area contributed by atoms with Crippen molar-refractivity contribution in [1.82, 2.24) is 19.4 Å². The van der Waals surface area contributed by atoms with Crippen molar-refractivity contribution in [2.75, 3.05) is 45.3 Å². The standard InChI is InChI=1S/C36H44FN7O5/c1-21(45)49-20-28-27(11-24(37)12-30(28)44-8-7-43-31(35(44)47)10-22-14-36(2,3)15-32(22)43)23-9-29(34(46)42(6)16-23)40-33(38)13-25(39-4)17-41(5)26-18-48-19-26/h9-13,16,26,39H,7-8,14-15,17-20H2,1-6H3,(H2,38,40). The van der Waals surface area contributed by atoms with Crippen molar-refractivity contribution in [3.8, 4) is 11.1 Å². The second kappa shape index (κ2) is 13.3. The number of amides is 1. The summed E-state index contributed by atoms with van der Waals surface area (Å²) in [5, 5.41) is 3.13. The summed E-state index contributed by atoms with van der Waals surface area (Å²) in [7, 11) is 5.35. The summed E-state index contributed by atoms with van der Waals surface area (Å²) in [5.41, 5.74) is 11.3. The third-order valence-corrected chi connectivity index (χ3v) is 9.56. The van der Waals surface area contributed by atoms with E-state index < -0.39 is 17.3 Å². The zero-order valence-electron chi connectivity index (χ0n) is 28.9. The number of nitrogens with zero attached hydrogens (tertiary/aromatic N) is 5. The number of aliphatic imine (C=N–C) groups is 1. The third-order valence-electron chi connectivity index (χ3n) is 9.56. The summed E-state index contributed by atoms with van der Waals surface area (Å²) >= 11 is 0. The maximum absolute atomic E-state index is 15.6. The molecule has 1 aromatic carbocycles. The summed E-state index contributed by atoms with van der Waals surface area (Å²) in [6.07, 6.45) is 5.01. The second-order valence-electron chi connectivity index (χ2n) is 14.0. The van der Waals surface area contributed by atoms with Crippen molar-refractivity contribution in [3.05, 3.63) is 80.9 Å². The first-order chi connectivity index (χ1) is 23.2. The van der Waals surface area contributed by atoms with E-state index in [9.17, 15) is 14.4 Å². The molecule has 1 aliphatic carbocycles. The number of aromatic nitrogens is 2. The van der Waals surface area contributed by atoms with Gasteiger partial charge in [-0.3, -0.25) is 19.3 Å². The number of anilines is 1. The van der Waals surface area contributed by atoms with E-state index in [0.29, 0.717) is 67.0 Å². The molecule has 0 radical (unpaired) electrons. The summed E-state index contributed by atoms with van der Waals surface area (Å²) in [6, 6.07) is 6.41. The molecule has 260 valence electrons. The van der Waals surface area contributed by atoms with E-state index in [-0.39, 0.29) is 29.5 Å². The number of likely N-dealkylation sites (N-methyl/N-ethyl adjacent to an activating group) is 2. The minimum atomic E-state index is -0.587. The minimum absolute atomic E-state index is 0.0403. The van der Waals surface area contributed by atoms with E-state index >= 15 is 4.39 Å². The molecular weight excluding hydrogens is 629 g/mol. The van der Waals surface area contributed by atoms with Crippen LogP contribution in [0.25, 0.3) is 11.1 Å². The molecule has 3 aliphatic rings. The van der Waals surface area contributed by atoms with Gasteiger partial charge >= 0.3 is 5.97 Å². The normalized spacial score (nSPS) is 17.6. The lowest BCUT2D eigenvalue weighted by atomic mass is 9.90. The molecule has 0 bridgehead atoms. The Morgan fingerprint density at radius 3 is 2.63 bits per heavy atom. The van der Waals surface area contributed by atoms with Crippen LogP contribution in [-0.2, 0) is 47.3 Å². The highest BCUT2D eigenvalue weighted by Gasteiger charge is 2.37. The van der Waals surface area contributed by atoms with Gasteiger partial charge < -0.3 is 34.6 Å². The van der Waals surface area contributed by atoms with Crippen LogP contribution in [0.15, 0.2) is 52.0 Å². The van der Waals surface area contributed by atoms with Crippen LogP contribution in [0.4, 0.5) is 15.8 Å². The fraction of sp³-hybridized carbons (Fsp3) is 0.444. The maximum atomic E-state index is 15.6. The Bertz CT molecular complexity index is 1940. The minimum Gasteiger partial charge on any atom is -0.461 e. The number of carbonyl (C=O) groups excluding carboxylic acids is 2. The second-order valence-corrected chi connectivity index (χ2v) is 14.0. The number of hydrogen-bond donors (Lipinski definition) is 2. The average molecular weight is 674 g/mol. The van der Waals surface area contributed by atoms with Crippen molar-refractivity contribution in [2.24, 2.45) is 23.2 Å². The van der Waals surface area contributed by atoms with E-state index in [2.05, 4.69) is 33.6 Å². The van der Waals surface area contributed by atoms with Gasteiger partial charge in [0, 0.05) is 75.4 Å². The Morgan fingerprint density at radius 2 is 1.96 bits per heavy atom. The lowest BCUT2D eigenvalue weighted by molar-refractivity contribution is -0.142. The lowest BCUT2D eigenvalue weighted by Crippen LogP contribution is -2.48. The van der Waals surface area contributed by atoms with Crippen LogP contribution in [0, 0.1) is 11.2 Å². The zero-order valence-corrected chi connectivity index (χ0v) is 28.9. The van der Waals surface area contributed by atoms with Gasteiger partial charge in [-0.25, -0.2) is 9.38 Å². The Kier molecular flexibility index (Phi) is 9.25. The van der Waals surface area contributed by atoms with Crippen molar-refractivity contribution >= 4 is 29.1 Å². The molecule has 1 saturated heterocycles. The van der Waals surface area contributed by atoms with E-state index in [1.165, 1.54) is 40.9 Å². The molecule has 2 aromatic heterocycles. The molecule has 12 nitrogen and oxygen atoms in total. The number of pyridine rings is 1. The largest absolute Gasteiger partial charge is 0.461 e.